The zero-order valence-corrected chi connectivity index (χ0v) is 12.8. The largest absolute Gasteiger partial charge is 0.371 e. The molecule has 19 heavy (non-hydrogen) atoms. The summed E-state index contributed by atoms with van der Waals surface area (Å²) in [5, 5.41) is 3.66. The Morgan fingerprint density at radius 3 is 2.32 bits per heavy atom. The summed E-state index contributed by atoms with van der Waals surface area (Å²) in [6, 6.07) is 10.3. The van der Waals surface area contributed by atoms with Crippen molar-refractivity contribution < 1.29 is 0 Å². The first-order chi connectivity index (χ1) is 9.06. The van der Waals surface area contributed by atoms with Gasteiger partial charge in [-0.25, -0.2) is 0 Å². The maximum absolute atomic E-state index is 3.66. The molecule has 1 aliphatic rings. The van der Waals surface area contributed by atoms with Gasteiger partial charge in [0.2, 0.25) is 0 Å². The minimum absolute atomic E-state index is 0.606. The van der Waals surface area contributed by atoms with Crippen LogP contribution in [0.5, 0.6) is 0 Å². The standard InChI is InChI=1S/C17H28N2/c1-13(2)16-6-5-7-17(12-16)19-10-8-14(3)18-15(4)9-11-19/h5-7,12-15,18H,8-11H2,1-4H3. The molecule has 1 aromatic rings. The van der Waals surface area contributed by atoms with Crippen molar-refractivity contribution in [2.24, 2.45) is 0 Å². The highest BCUT2D eigenvalue weighted by Crippen LogP contribution is 2.23. The number of hydrogen-bond donors (Lipinski definition) is 1. The van der Waals surface area contributed by atoms with E-state index in [-0.39, 0.29) is 0 Å². The summed E-state index contributed by atoms with van der Waals surface area (Å²) >= 11 is 0. The number of benzene rings is 1. The first-order valence-corrected chi connectivity index (χ1v) is 7.67. The fourth-order valence-corrected chi connectivity index (χ4v) is 2.80. The highest BCUT2D eigenvalue weighted by atomic mass is 15.1. The predicted molar refractivity (Wildman–Crippen MR) is 84.0 cm³/mol. The molecule has 2 heteroatoms. The maximum Gasteiger partial charge on any atom is 0.0369 e. The summed E-state index contributed by atoms with van der Waals surface area (Å²) in [6.45, 7) is 11.4. The summed E-state index contributed by atoms with van der Waals surface area (Å²) < 4.78 is 0. The van der Waals surface area contributed by atoms with Crippen molar-refractivity contribution in [3.63, 3.8) is 0 Å². The number of anilines is 1. The van der Waals surface area contributed by atoms with Crippen molar-refractivity contribution in [2.75, 3.05) is 18.0 Å². The summed E-state index contributed by atoms with van der Waals surface area (Å²) in [5.74, 6) is 0.606. The topological polar surface area (TPSA) is 15.3 Å². The van der Waals surface area contributed by atoms with Crippen LogP contribution in [-0.4, -0.2) is 25.2 Å². The Hall–Kier alpha value is -1.02. The molecule has 2 unspecified atom stereocenters. The van der Waals surface area contributed by atoms with Crippen LogP contribution in [0.4, 0.5) is 5.69 Å². The SMILES string of the molecule is CC1CCN(c2cccc(C(C)C)c2)CCC(C)N1. The fraction of sp³-hybridized carbons (Fsp3) is 0.647. The van der Waals surface area contributed by atoms with E-state index < -0.39 is 0 Å². The molecule has 0 aliphatic carbocycles. The molecule has 0 bridgehead atoms. The Morgan fingerprint density at radius 2 is 1.74 bits per heavy atom. The Morgan fingerprint density at radius 1 is 1.11 bits per heavy atom. The molecule has 0 saturated carbocycles. The molecule has 1 fully saturated rings. The quantitative estimate of drug-likeness (QED) is 0.870. The highest BCUT2D eigenvalue weighted by Gasteiger charge is 2.16. The third kappa shape index (κ3) is 3.97. The molecule has 2 rings (SSSR count). The van der Waals surface area contributed by atoms with E-state index in [2.05, 4.69) is 62.2 Å². The van der Waals surface area contributed by atoms with E-state index in [0.29, 0.717) is 18.0 Å². The maximum atomic E-state index is 3.66. The second-order valence-corrected chi connectivity index (χ2v) is 6.28. The van der Waals surface area contributed by atoms with Gasteiger partial charge in [0.1, 0.15) is 0 Å². The Balaban J connectivity index is 2.12. The van der Waals surface area contributed by atoms with Gasteiger partial charge in [0, 0.05) is 30.9 Å². The van der Waals surface area contributed by atoms with Gasteiger partial charge in [0.05, 0.1) is 0 Å². The van der Waals surface area contributed by atoms with Crippen molar-refractivity contribution in [1.82, 2.24) is 5.32 Å². The fourth-order valence-electron chi connectivity index (χ4n) is 2.80. The van der Waals surface area contributed by atoms with Crippen molar-refractivity contribution in [3.05, 3.63) is 29.8 Å². The van der Waals surface area contributed by atoms with Gasteiger partial charge in [0.15, 0.2) is 0 Å². The average molecular weight is 260 g/mol. The third-order valence-corrected chi connectivity index (χ3v) is 4.14. The minimum atomic E-state index is 0.606. The normalized spacial score (nSPS) is 25.2. The van der Waals surface area contributed by atoms with Gasteiger partial charge in [-0.1, -0.05) is 26.0 Å². The number of nitrogens with one attached hydrogen (secondary N) is 1. The molecular formula is C17H28N2. The predicted octanol–water partition coefficient (Wildman–Crippen LogP) is 3.78. The van der Waals surface area contributed by atoms with Crippen LogP contribution in [0.3, 0.4) is 0 Å². The minimum Gasteiger partial charge on any atom is -0.371 e. The Kier molecular flexibility index (Phi) is 4.87. The van der Waals surface area contributed by atoms with Crippen LogP contribution in [0, 0.1) is 0 Å². The molecule has 1 N–H and O–H groups in total. The summed E-state index contributed by atoms with van der Waals surface area (Å²) in [4.78, 5) is 2.56. The highest BCUT2D eigenvalue weighted by molar-refractivity contribution is 5.49. The Labute approximate surface area is 118 Å². The van der Waals surface area contributed by atoms with Crippen molar-refractivity contribution in [1.29, 1.82) is 0 Å². The van der Waals surface area contributed by atoms with Crippen molar-refractivity contribution in [3.8, 4) is 0 Å². The Bertz CT molecular complexity index is 388. The van der Waals surface area contributed by atoms with Crippen LogP contribution in [-0.2, 0) is 0 Å². The lowest BCUT2D eigenvalue weighted by atomic mass is 10.0. The van der Waals surface area contributed by atoms with E-state index in [1.165, 1.54) is 24.1 Å². The molecule has 0 amide bonds. The molecule has 0 spiro atoms. The van der Waals surface area contributed by atoms with E-state index in [0.717, 1.165) is 13.1 Å². The first-order valence-electron chi connectivity index (χ1n) is 7.67. The van der Waals surface area contributed by atoms with Gasteiger partial charge in [-0.2, -0.15) is 0 Å². The van der Waals surface area contributed by atoms with Gasteiger partial charge in [-0.15, -0.1) is 0 Å². The zero-order valence-electron chi connectivity index (χ0n) is 12.8. The molecule has 1 saturated heterocycles. The summed E-state index contributed by atoms with van der Waals surface area (Å²) in [5.41, 5.74) is 2.84. The van der Waals surface area contributed by atoms with Gasteiger partial charge in [-0.05, 0) is 50.3 Å². The van der Waals surface area contributed by atoms with Crippen molar-refractivity contribution in [2.45, 2.75) is 58.5 Å². The van der Waals surface area contributed by atoms with E-state index in [9.17, 15) is 0 Å². The van der Waals surface area contributed by atoms with E-state index >= 15 is 0 Å². The number of nitrogens with zero attached hydrogens (tertiary/aromatic N) is 1. The number of hydrogen-bond acceptors (Lipinski definition) is 2. The van der Waals surface area contributed by atoms with Gasteiger partial charge in [0.25, 0.3) is 0 Å². The van der Waals surface area contributed by atoms with Crippen molar-refractivity contribution >= 4 is 5.69 Å². The third-order valence-electron chi connectivity index (χ3n) is 4.14. The molecule has 1 aliphatic heterocycles. The van der Waals surface area contributed by atoms with Crippen LogP contribution >= 0.6 is 0 Å². The lowest BCUT2D eigenvalue weighted by Crippen LogP contribution is -2.43. The molecule has 2 atom stereocenters. The van der Waals surface area contributed by atoms with Crippen LogP contribution in [0.15, 0.2) is 24.3 Å². The molecule has 0 aromatic heterocycles. The smallest absolute Gasteiger partial charge is 0.0369 e. The molecule has 2 nitrogen and oxygen atoms in total. The zero-order chi connectivity index (χ0) is 13.8. The van der Waals surface area contributed by atoms with E-state index in [1.807, 2.05) is 0 Å². The van der Waals surface area contributed by atoms with Crippen LogP contribution in [0.25, 0.3) is 0 Å². The molecule has 106 valence electrons. The second kappa shape index (κ2) is 6.42. The molecule has 0 radical (unpaired) electrons. The van der Waals surface area contributed by atoms with Crippen LogP contribution in [0.1, 0.15) is 52.0 Å². The van der Waals surface area contributed by atoms with Gasteiger partial charge in [-0.3, -0.25) is 0 Å². The summed E-state index contributed by atoms with van der Waals surface area (Å²) in [6.07, 6.45) is 2.44. The monoisotopic (exact) mass is 260 g/mol. The van der Waals surface area contributed by atoms with Crippen LogP contribution in [0.2, 0.25) is 0 Å². The average Bonchev–Trinajstić information content (AvgIpc) is 2.36. The lowest BCUT2D eigenvalue weighted by Gasteiger charge is -2.32. The van der Waals surface area contributed by atoms with Crippen LogP contribution < -0.4 is 10.2 Å². The number of rotatable bonds is 2. The molecule has 1 heterocycles. The van der Waals surface area contributed by atoms with E-state index in [4.69, 9.17) is 0 Å². The van der Waals surface area contributed by atoms with Gasteiger partial charge >= 0.3 is 0 Å². The molecule has 1 aromatic carbocycles. The lowest BCUT2D eigenvalue weighted by molar-refractivity contribution is 0.404. The van der Waals surface area contributed by atoms with Gasteiger partial charge < -0.3 is 10.2 Å². The van der Waals surface area contributed by atoms with E-state index in [1.54, 1.807) is 0 Å². The molecular weight excluding hydrogens is 232 g/mol. The second-order valence-electron chi connectivity index (χ2n) is 6.28. The first kappa shape index (κ1) is 14.4. The summed E-state index contributed by atoms with van der Waals surface area (Å²) in [7, 11) is 0.